The Morgan fingerprint density at radius 1 is 1.31 bits per heavy atom. The van der Waals surface area contributed by atoms with E-state index in [2.05, 4.69) is 6.58 Å². The number of carbonyl (C=O) groups is 2. The highest BCUT2D eigenvalue weighted by atomic mass is 16.6. The van der Waals surface area contributed by atoms with Crippen molar-refractivity contribution >= 4 is 11.6 Å². The first kappa shape index (κ1) is 23.9. The molecule has 0 aromatic heterocycles. The van der Waals surface area contributed by atoms with Crippen LogP contribution in [0.15, 0.2) is 42.0 Å². The molecule has 1 N–H and O–H groups in total. The molecule has 2 heterocycles. The number of phenolic OH excluding ortho intramolecular Hbond substituents is 1. The van der Waals surface area contributed by atoms with Gasteiger partial charge in [-0.05, 0) is 27.7 Å². The molecule has 6 rings (SSSR count). The molecule has 0 amide bonds. The molecule has 1 saturated carbocycles. The first-order valence-corrected chi connectivity index (χ1v) is 12.2. The number of ether oxygens (including phenoxy) is 3. The number of rotatable bonds is 5. The number of Topliss-reactive ketones (excluding diaryl/α,β-unsaturated/α-hetero) is 2. The first-order chi connectivity index (χ1) is 16.3. The first-order valence-electron chi connectivity index (χ1n) is 12.2. The summed E-state index contributed by atoms with van der Waals surface area (Å²) in [5.41, 5.74) is -1.77. The summed E-state index contributed by atoms with van der Waals surface area (Å²) in [4.78, 5) is 28.5. The number of benzene rings is 1. The van der Waals surface area contributed by atoms with E-state index in [4.69, 9.17) is 14.2 Å². The lowest BCUT2D eigenvalue weighted by atomic mass is 9.53. The molecule has 0 radical (unpaired) electrons. The number of fused-ring (bicyclic) bond motifs is 1. The molecule has 1 aromatic carbocycles. The average Bonchev–Trinajstić information content (AvgIpc) is 2.98. The van der Waals surface area contributed by atoms with Gasteiger partial charge >= 0.3 is 0 Å². The average molecular weight is 479 g/mol. The molecule has 6 nitrogen and oxygen atoms in total. The van der Waals surface area contributed by atoms with Crippen molar-refractivity contribution < 1.29 is 28.9 Å². The van der Waals surface area contributed by atoms with Crippen molar-refractivity contribution in [2.24, 2.45) is 11.8 Å². The zero-order valence-corrected chi connectivity index (χ0v) is 21.6. The van der Waals surface area contributed by atoms with Crippen LogP contribution in [-0.2, 0) is 14.9 Å². The molecule has 2 fully saturated rings. The Morgan fingerprint density at radius 2 is 2.00 bits per heavy atom. The van der Waals surface area contributed by atoms with Gasteiger partial charge in [-0.3, -0.25) is 9.59 Å². The van der Waals surface area contributed by atoms with Gasteiger partial charge in [0.1, 0.15) is 28.4 Å². The van der Waals surface area contributed by atoms with Crippen LogP contribution in [0.25, 0.3) is 0 Å². The highest BCUT2D eigenvalue weighted by Crippen LogP contribution is 2.65. The van der Waals surface area contributed by atoms with Gasteiger partial charge in [0.2, 0.25) is 11.6 Å². The maximum atomic E-state index is 14.5. The summed E-state index contributed by atoms with van der Waals surface area (Å²) in [7, 11) is 1.45. The number of ketones is 2. The number of hydrogen-bond acceptors (Lipinski definition) is 6. The van der Waals surface area contributed by atoms with Crippen LogP contribution < -0.4 is 9.47 Å². The van der Waals surface area contributed by atoms with Crippen LogP contribution in [0.4, 0.5) is 0 Å². The monoisotopic (exact) mass is 478 g/mol. The van der Waals surface area contributed by atoms with Gasteiger partial charge in [-0.15, -0.1) is 6.58 Å². The van der Waals surface area contributed by atoms with Gasteiger partial charge in [-0.25, -0.2) is 0 Å². The van der Waals surface area contributed by atoms with E-state index in [0.29, 0.717) is 24.0 Å². The topological polar surface area (TPSA) is 82.1 Å². The zero-order chi connectivity index (χ0) is 25.7. The molecule has 1 spiro atoms. The maximum Gasteiger partial charge on any atom is 0.213 e. The van der Waals surface area contributed by atoms with Crippen LogP contribution in [0.1, 0.15) is 70.3 Å². The molecule has 2 aliphatic heterocycles. The molecule has 186 valence electrons. The second-order valence-electron chi connectivity index (χ2n) is 11.7. The number of phenols is 1. The Balaban J connectivity index is 1.80. The maximum absolute atomic E-state index is 14.5. The van der Waals surface area contributed by atoms with E-state index in [0.717, 1.165) is 5.57 Å². The molecule has 0 unspecified atom stereocenters. The molecule has 4 bridgehead atoms. The van der Waals surface area contributed by atoms with Gasteiger partial charge < -0.3 is 19.3 Å². The Labute approximate surface area is 206 Å². The molecule has 3 aliphatic carbocycles. The molecule has 1 aromatic rings. The molecule has 1 saturated heterocycles. The number of aromatic hydroxyl groups is 1. The highest BCUT2D eigenvalue weighted by molar-refractivity contribution is 6.21. The SMILES string of the molecule is C=CC(C)(C)c1c(O)cc(OC)c2c1O[C@@]13C[C@H]4[C@H](C=C1C2=O)[C@@](CC=C(C)C)(OC4(C)C)C3=O. The summed E-state index contributed by atoms with van der Waals surface area (Å²) in [6, 6.07) is 1.44. The van der Waals surface area contributed by atoms with Crippen LogP contribution in [0.2, 0.25) is 0 Å². The lowest BCUT2D eigenvalue weighted by Gasteiger charge is -2.53. The Kier molecular flexibility index (Phi) is 4.84. The minimum absolute atomic E-state index is 0.000989. The molecule has 5 aliphatic rings. The lowest BCUT2D eigenvalue weighted by molar-refractivity contribution is -0.166. The molecule has 6 heteroatoms. The molecular weight excluding hydrogens is 444 g/mol. The third kappa shape index (κ3) is 2.86. The largest absolute Gasteiger partial charge is 0.507 e. The second-order valence-corrected chi connectivity index (χ2v) is 11.7. The lowest BCUT2D eigenvalue weighted by Crippen LogP contribution is -2.68. The van der Waals surface area contributed by atoms with E-state index in [-0.39, 0.29) is 46.2 Å². The van der Waals surface area contributed by atoms with Crippen LogP contribution in [0, 0.1) is 11.8 Å². The van der Waals surface area contributed by atoms with Gasteiger partial charge in [0, 0.05) is 47.3 Å². The Hall–Kier alpha value is -2.86. The third-order valence-corrected chi connectivity index (χ3v) is 8.51. The van der Waals surface area contributed by atoms with Gasteiger partial charge in [-0.2, -0.15) is 0 Å². The zero-order valence-electron chi connectivity index (χ0n) is 21.6. The van der Waals surface area contributed by atoms with Crippen LogP contribution >= 0.6 is 0 Å². The molecule has 35 heavy (non-hydrogen) atoms. The van der Waals surface area contributed by atoms with E-state index >= 15 is 0 Å². The van der Waals surface area contributed by atoms with Crippen molar-refractivity contribution in [1.29, 1.82) is 0 Å². The van der Waals surface area contributed by atoms with Gasteiger partial charge in [0.15, 0.2) is 5.60 Å². The van der Waals surface area contributed by atoms with Crippen molar-refractivity contribution in [2.45, 2.75) is 76.6 Å². The second kappa shape index (κ2) is 7.10. The normalized spacial score (nSPS) is 31.8. The van der Waals surface area contributed by atoms with Crippen LogP contribution in [-0.4, -0.2) is 40.6 Å². The minimum atomic E-state index is -1.47. The Bertz CT molecular complexity index is 1240. The Morgan fingerprint density at radius 3 is 2.60 bits per heavy atom. The fourth-order valence-corrected chi connectivity index (χ4v) is 6.64. The summed E-state index contributed by atoms with van der Waals surface area (Å²) >= 11 is 0. The predicted octanol–water partition coefficient (Wildman–Crippen LogP) is 5.23. The smallest absolute Gasteiger partial charge is 0.213 e. The summed E-state index contributed by atoms with van der Waals surface area (Å²) in [5, 5.41) is 11.0. The number of allylic oxidation sites excluding steroid dienone is 2. The highest BCUT2D eigenvalue weighted by Gasteiger charge is 2.76. The van der Waals surface area contributed by atoms with Crippen LogP contribution in [0.5, 0.6) is 17.2 Å². The van der Waals surface area contributed by atoms with Crippen molar-refractivity contribution in [3.8, 4) is 17.2 Å². The molecular formula is C29H34O6. The van der Waals surface area contributed by atoms with E-state index in [1.54, 1.807) is 6.08 Å². The molecule has 4 atom stereocenters. The van der Waals surface area contributed by atoms with Crippen LogP contribution in [0.3, 0.4) is 0 Å². The van der Waals surface area contributed by atoms with Gasteiger partial charge in [-0.1, -0.05) is 37.6 Å². The van der Waals surface area contributed by atoms with E-state index in [9.17, 15) is 14.7 Å². The fraction of sp³-hybridized carbons (Fsp3) is 0.517. The van der Waals surface area contributed by atoms with E-state index in [1.807, 2.05) is 53.7 Å². The van der Waals surface area contributed by atoms with Gasteiger partial charge in [0.25, 0.3) is 0 Å². The number of hydrogen-bond donors (Lipinski definition) is 1. The number of carbonyl (C=O) groups excluding carboxylic acids is 2. The van der Waals surface area contributed by atoms with Crippen molar-refractivity contribution in [3.05, 3.63) is 53.1 Å². The van der Waals surface area contributed by atoms with E-state index < -0.39 is 22.2 Å². The summed E-state index contributed by atoms with van der Waals surface area (Å²) in [6.07, 6.45) is 6.42. The van der Waals surface area contributed by atoms with Crippen molar-refractivity contribution in [2.75, 3.05) is 7.11 Å². The summed E-state index contributed by atoms with van der Waals surface area (Å²) in [6.45, 7) is 15.7. The minimum Gasteiger partial charge on any atom is -0.507 e. The third-order valence-electron chi connectivity index (χ3n) is 8.51. The van der Waals surface area contributed by atoms with Gasteiger partial charge in [0.05, 0.1) is 12.7 Å². The standard InChI is InChI=1S/C29H34O6/c1-9-26(4,5)22-19(30)13-20(33-8)21-23(31)17-12-16-18-14-29(17,34-24(21)22)25(32)28(16,11-10-15(2)3)35-27(18,6)7/h9-10,12-13,16,18,30H,1,11,14H2,2-8H3/t16-,18-,28+,29-/m0/s1. The number of methoxy groups -OCH3 is 1. The van der Waals surface area contributed by atoms with E-state index in [1.165, 1.54) is 13.2 Å². The predicted molar refractivity (Wildman–Crippen MR) is 132 cm³/mol. The summed E-state index contributed by atoms with van der Waals surface area (Å²) in [5.74, 6) is -0.394. The fourth-order valence-electron chi connectivity index (χ4n) is 6.64. The summed E-state index contributed by atoms with van der Waals surface area (Å²) < 4.78 is 18.8. The quantitative estimate of drug-likeness (QED) is 0.584. The van der Waals surface area contributed by atoms with Crippen molar-refractivity contribution in [1.82, 2.24) is 0 Å². The van der Waals surface area contributed by atoms with Crippen molar-refractivity contribution in [3.63, 3.8) is 0 Å².